The van der Waals surface area contributed by atoms with Crippen molar-refractivity contribution >= 4 is 33.5 Å². The van der Waals surface area contributed by atoms with Crippen LogP contribution in [-0.4, -0.2) is 28.5 Å². The minimum atomic E-state index is -0.180. The van der Waals surface area contributed by atoms with Crippen LogP contribution in [0, 0.1) is 17.8 Å². The van der Waals surface area contributed by atoms with Gasteiger partial charge in [-0.3, -0.25) is 19.3 Å². The summed E-state index contributed by atoms with van der Waals surface area (Å²) in [5.74, 6) is 2.92. The van der Waals surface area contributed by atoms with E-state index in [1.807, 2.05) is 63.2 Å². The molecule has 0 bridgehead atoms. The van der Waals surface area contributed by atoms with Crippen LogP contribution >= 0.6 is 15.9 Å². The van der Waals surface area contributed by atoms with Crippen molar-refractivity contribution in [3.05, 3.63) is 154 Å². The number of nitrogens with zero attached hydrogens (tertiary/aromatic N) is 1. The lowest BCUT2D eigenvalue weighted by atomic mass is 10.0. The topological polar surface area (TPSA) is 54.5 Å². The first-order chi connectivity index (χ1) is 26.0. The maximum Gasteiger partial charge on any atom is 0.261 e. The summed E-state index contributed by atoms with van der Waals surface area (Å²) in [6.45, 7) is 29.0. The van der Waals surface area contributed by atoms with Gasteiger partial charge in [-0.1, -0.05) is 183 Å². The Morgan fingerprint density at radius 2 is 1.07 bits per heavy atom. The first-order valence-corrected chi connectivity index (χ1v) is 20.7. The SMILES string of the molecule is C=CCC(C)C.CC(C)Cc1ccc(Br)cc1.CC(C)N1C(=O)c2ccccc2C1=O.CC(C)c1ccccc1.CCC(=O)c1ccccc1.CCC(C)C. The normalized spacial score (nSPS) is 11.2. The van der Waals surface area contributed by atoms with Crippen LogP contribution < -0.4 is 0 Å². The lowest BCUT2D eigenvalue weighted by Gasteiger charge is -2.17. The quantitative estimate of drug-likeness (QED) is 0.0961. The van der Waals surface area contributed by atoms with Crippen LogP contribution in [0.25, 0.3) is 0 Å². The van der Waals surface area contributed by atoms with Crippen molar-refractivity contribution in [3.8, 4) is 0 Å². The van der Waals surface area contributed by atoms with Gasteiger partial charge in [0, 0.05) is 22.5 Å². The maximum atomic E-state index is 11.8. The zero-order valence-electron chi connectivity index (χ0n) is 35.9. The predicted octanol–water partition coefficient (Wildman–Crippen LogP) is 14.7. The van der Waals surface area contributed by atoms with Gasteiger partial charge in [0.1, 0.15) is 0 Å². The molecule has 55 heavy (non-hydrogen) atoms. The fourth-order valence-electron chi connectivity index (χ4n) is 4.77. The zero-order valence-corrected chi connectivity index (χ0v) is 37.5. The van der Waals surface area contributed by atoms with Gasteiger partial charge in [0.25, 0.3) is 11.8 Å². The Morgan fingerprint density at radius 3 is 1.38 bits per heavy atom. The number of fused-ring (bicyclic) bond motifs is 1. The van der Waals surface area contributed by atoms with Crippen LogP contribution in [0.3, 0.4) is 0 Å². The number of hydrogen-bond acceptors (Lipinski definition) is 3. The first-order valence-electron chi connectivity index (χ1n) is 20.0. The minimum absolute atomic E-state index is 0.0811. The van der Waals surface area contributed by atoms with E-state index < -0.39 is 0 Å². The Bertz CT molecular complexity index is 1590. The Hall–Kier alpha value is -4.09. The molecule has 1 aliphatic rings. The molecule has 2 amide bonds. The minimum Gasteiger partial charge on any atom is -0.294 e. The van der Waals surface area contributed by atoms with E-state index in [-0.39, 0.29) is 23.6 Å². The zero-order chi connectivity index (χ0) is 41.9. The number of carbonyl (C=O) groups is 3. The number of imide groups is 1. The molecule has 4 aromatic rings. The number of allylic oxidation sites excluding steroid dienone is 1. The second-order valence-electron chi connectivity index (χ2n) is 15.3. The third kappa shape index (κ3) is 22.2. The molecule has 0 fully saturated rings. The van der Waals surface area contributed by atoms with Gasteiger partial charge in [-0.05, 0) is 85.8 Å². The molecule has 0 unspecified atom stereocenters. The van der Waals surface area contributed by atoms with E-state index in [0.717, 1.165) is 34.2 Å². The number of carbonyl (C=O) groups excluding carboxylic acids is 3. The van der Waals surface area contributed by atoms with Gasteiger partial charge in [0.2, 0.25) is 0 Å². The number of halogens is 1. The fraction of sp³-hybridized carbons (Fsp3) is 0.420. The molecule has 0 radical (unpaired) electrons. The second-order valence-corrected chi connectivity index (χ2v) is 16.2. The van der Waals surface area contributed by atoms with Gasteiger partial charge in [0.15, 0.2) is 5.78 Å². The van der Waals surface area contributed by atoms with E-state index >= 15 is 0 Å². The molecule has 0 N–H and O–H groups in total. The molecule has 4 aromatic carbocycles. The summed E-state index contributed by atoms with van der Waals surface area (Å²) in [6.07, 6.45) is 6.15. The lowest BCUT2D eigenvalue weighted by Crippen LogP contribution is -2.35. The molecule has 1 aliphatic heterocycles. The molecule has 0 aliphatic carbocycles. The van der Waals surface area contributed by atoms with Crippen LogP contribution in [0.4, 0.5) is 0 Å². The smallest absolute Gasteiger partial charge is 0.261 e. The van der Waals surface area contributed by atoms with Crippen LogP contribution in [0.1, 0.15) is 150 Å². The van der Waals surface area contributed by atoms with E-state index in [9.17, 15) is 14.4 Å². The van der Waals surface area contributed by atoms with Crippen LogP contribution in [-0.2, 0) is 6.42 Å². The van der Waals surface area contributed by atoms with Gasteiger partial charge in [-0.15, -0.1) is 6.58 Å². The van der Waals surface area contributed by atoms with Crippen molar-refractivity contribution in [1.29, 1.82) is 0 Å². The summed E-state index contributed by atoms with van der Waals surface area (Å²) in [5.41, 5.74) is 4.68. The maximum absolute atomic E-state index is 11.8. The first kappa shape index (κ1) is 50.9. The van der Waals surface area contributed by atoms with Crippen LogP contribution in [0.5, 0.6) is 0 Å². The summed E-state index contributed by atoms with van der Waals surface area (Å²) in [4.78, 5) is 35.8. The van der Waals surface area contributed by atoms with Crippen molar-refractivity contribution in [2.45, 2.75) is 121 Å². The summed E-state index contributed by atoms with van der Waals surface area (Å²) < 4.78 is 1.16. The Kier molecular flexibility index (Phi) is 27.1. The van der Waals surface area contributed by atoms with Crippen LogP contribution in [0.2, 0.25) is 0 Å². The van der Waals surface area contributed by atoms with E-state index in [4.69, 9.17) is 0 Å². The summed E-state index contributed by atoms with van der Waals surface area (Å²) in [7, 11) is 0. The van der Waals surface area contributed by atoms with Gasteiger partial charge >= 0.3 is 0 Å². The standard InChI is InChI=1S/C11H11NO2.C10H13Br.C9H10O.C9H12.C6H12.C5H12/c1-7(2)12-10(13)8-5-3-4-6-9(8)11(12)14;1-8(2)7-9-3-5-10(11)6-4-9;1-2-9(10)8-6-4-3-5-7-8;1-8(2)9-6-4-3-5-7-9;1-4-5-6(2)3;1-4-5(2)3/h3-7H,1-2H3;3-6,8H,7H2,1-2H3;3-7H,2H2,1H3;3-8H,1-2H3;4,6H,1,5H2,2-3H3;5H,4H2,1-3H3. The molecule has 300 valence electrons. The van der Waals surface area contributed by atoms with Crippen molar-refractivity contribution in [2.24, 2.45) is 17.8 Å². The Labute approximate surface area is 344 Å². The number of Topliss-reactive ketones (excluding diaryl/α,β-unsaturated/α-hetero) is 1. The molecule has 0 saturated heterocycles. The molecule has 0 atom stereocenters. The molecule has 0 aromatic heterocycles. The summed E-state index contributed by atoms with van der Waals surface area (Å²) >= 11 is 3.41. The highest BCUT2D eigenvalue weighted by molar-refractivity contribution is 9.10. The van der Waals surface area contributed by atoms with Crippen LogP contribution in [0.15, 0.2) is 126 Å². The fourth-order valence-corrected chi connectivity index (χ4v) is 5.03. The van der Waals surface area contributed by atoms with E-state index in [0.29, 0.717) is 23.5 Å². The second kappa shape index (κ2) is 29.2. The average molecular weight is 813 g/mol. The molecule has 0 spiro atoms. The predicted molar refractivity (Wildman–Crippen MR) is 241 cm³/mol. The lowest BCUT2D eigenvalue weighted by molar-refractivity contribution is 0.0608. The molecule has 5 rings (SSSR count). The molecule has 5 heteroatoms. The molecular weight excluding hydrogens is 742 g/mol. The highest BCUT2D eigenvalue weighted by atomic mass is 79.9. The molecule has 4 nitrogen and oxygen atoms in total. The van der Waals surface area contributed by atoms with E-state index in [1.165, 1.54) is 28.9 Å². The number of ketones is 1. The van der Waals surface area contributed by atoms with Gasteiger partial charge in [-0.2, -0.15) is 0 Å². The number of amides is 2. The number of hydrogen-bond donors (Lipinski definition) is 0. The molecule has 1 heterocycles. The van der Waals surface area contributed by atoms with Crippen molar-refractivity contribution < 1.29 is 14.4 Å². The summed E-state index contributed by atoms with van der Waals surface area (Å²) in [5, 5.41) is 0. The van der Waals surface area contributed by atoms with E-state index in [1.54, 1.807) is 24.3 Å². The third-order valence-corrected chi connectivity index (χ3v) is 8.77. The Balaban J connectivity index is 0.000000657. The highest BCUT2D eigenvalue weighted by Crippen LogP contribution is 2.24. The van der Waals surface area contributed by atoms with Gasteiger partial charge in [-0.25, -0.2) is 0 Å². The van der Waals surface area contributed by atoms with Gasteiger partial charge < -0.3 is 0 Å². The molecular formula is C50H70BrNO3. The largest absolute Gasteiger partial charge is 0.294 e. The monoisotopic (exact) mass is 811 g/mol. The van der Waals surface area contributed by atoms with Gasteiger partial charge in [0.05, 0.1) is 11.1 Å². The number of rotatable bonds is 9. The van der Waals surface area contributed by atoms with Crippen molar-refractivity contribution in [3.63, 3.8) is 0 Å². The molecule has 0 saturated carbocycles. The average Bonchev–Trinajstić information content (AvgIpc) is 3.43. The highest BCUT2D eigenvalue weighted by Gasteiger charge is 2.36. The van der Waals surface area contributed by atoms with Crippen molar-refractivity contribution in [1.82, 2.24) is 4.90 Å². The Morgan fingerprint density at radius 1 is 0.636 bits per heavy atom. The third-order valence-electron chi connectivity index (χ3n) is 8.24. The van der Waals surface area contributed by atoms with E-state index in [2.05, 4.69) is 133 Å². The summed E-state index contributed by atoms with van der Waals surface area (Å²) in [6, 6.07) is 35.2. The van der Waals surface area contributed by atoms with Crippen molar-refractivity contribution in [2.75, 3.05) is 0 Å². The number of benzene rings is 4.